The topological polar surface area (TPSA) is 69.7 Å². The quantitative estimate of drug-likeness (QED) is 0.496. The van der Waals surface area contributed by atoms with Crippen molar-refractivity contribution in [2.75, 3.05) is 14.2 Å². The maximum atomic E-state index is 11.3. The molecule has 0 spiro atoms. The molecule has 0 aliphatic carbocycles. The number of ether oxygens (including phenoxy) is 2. The Kier molecular flexibility index (Phi) is 5.59. The minimum Gasteiger partial charge on any atom is -0.468 e. The molecular weight excluding hydrogens is 200 g/mol. The Morgan fingerprint density at radius 1 is 1.07 bits per heavy atom. The third kappa shape index (κ3) is 4.10. The summed E-state index contributed by atoms with van der Waals surface area (Å²) in [5.74, 6) is -2.86. The van der Waals surface area contributed by atoms with E-state index in [1.807, 2.05) is 0 Å². The van der Waals surface area contributed by atoms with Crippen molar-refractivity contribution < 1.29 is 23.9 Å². The zero-order valence-electron chi connectivity index (χ0n) is 9.40. The number of ketones is 1. The van der Waals surface area contributed by atoms with Crippen LogP contribution in [0.4, 0.5) is 0 Å². The van der Waals surface area contributed by atoms with Gasteiger partial charge in [-0.2, -0.15) is 0 Å². The minimum atomic E-state index is -1.02. The van der Waals surface area contributed by atoms with Gasteiger partial charge in [-0.1, -0.05) is 6.92 Å². The van der Waals surface area contributed by atoms with E-state index < -0.39 is 23.8 Å². The fourth-order valence-electron chi connectivity index (χ4n) is 1.39. The monoisotopic (exact) mass is 216 g/mol. The highest BCUT2D eigenvalue weighted by molar-refractivity contribution is 5.95. The van der Waals surface area contributed by atoms with E-state index in [9.17, 15) is 14.4 Å². The van der Waals surface area contributed by atoms with Gasteiger partial charge in [0.15, 0.2) is 5.92 Å². The lowest BCUT2D eigenvalue weighted by molar-refractivity contribution is -0.161. The summed E-state index contributed by atoms with van der Waals surface area (Å²) in [4.78, 5) is 33.5. The zero-order valence-corrected chi connectivity index (χ0v) is 9.40. The van der Waals surface area contributed by atoms with E-state index in [-0.39, 0.29) is 12.2 Å². The minimum absolute atomic E-state index is 0.0830. The largest absolute Gasteiger partial charge is 0.468 e. The molecule has 0 N–H and O–H groups in total. The van der Waals surface area contributed by atoms with Crippen LogP contribution in [0.2, 0.25) is 0 Å². The first-order valence-corrected chi connectivity index (χ1v) is 4.59. The zero-order chi connectivity index (χ0) is 12.0. The summed E-state index contributed by atoms with van der Waals surface area (Å²) in [7, 11) is 2.39. The molecule has 1 atom stereocenters. The molecule has 5 heteroatoms. The van der Waals surface area contributed by atoms with Gasteiger partial charge in [-0.05, 0) is 12.8 Å². The number of esters is 2. The Morgan fingerprint density at radius 2 is 1.47 bits per heavy atom. The summed E-state index contributed by atoms with van der Waals surface area (Å²) in [6.45, 7) is 3.04. The van der Waals surface area contributed by atoms with Crippen LogP contribution in [0.1, 0.15) is 20.3 Å². The second kappa shape index (κ2) is 6.16. The van der Waals surface area contributed by atoms with E-state index in [0.717, 1.165) is 0 Å². The van der Waals surface area contributed by atoms with Gasteiger partial charge < -0.3 is 14.3 Å². The number of carbonyl (C=O) groups is 3. The van der Waals surface area contributed by atoms with Crippen LogP contribution in [0.15, 0.2) is 0 Å². The second-order valence-corrected chi connectivity index (χ2v) is 3.41. The van der Waals surface area contributed by atoms with Crippen LogP contribution in [0.5, 0.6) is 0 Å². The molecule has 0 amide bonds. The molecule has 0 aliphatic rings. The Bertz CT molecular complexity index is 243. The number of hydrogen-bond acceptors (Lipinski definition) is 5. The van der Waals surface area contributed by atoms with Crippen molar-refractivity contribution in [1.82, 2.24) is 0 Å². The number of carbonyl (C=O) groups excluding carboxylic acids is 3. The normalized spacial score (nSPS) is 12.1. The Labute approximate surface area is 88.7 Å². The predicted molar refractivity (Wildman–Crippen MR) is 52.0 cm³/mol. The van der Waals surface area contributed by atoms with Crippen LogP contribution in [0, 0.1) is 11.8 Å². The van der Waals surface area contributed by atoms with E-state index >= 15 is 0 Å². The van der Waals surface area contributed by atoms with Crippen molar-refractivity contribution in [3.05, 3.63) is 0 Å². The van der Waals surface area contributed by atoms with E-state index in [2.05, 4.69) is 9.47 Å². The Morgan fingerprint density at radius 3 is 1.73 bits per heavy atom. The van der Waals surface area contributed by atoms with Crippen molar-refractivity contribution in [2.24, 2.45) is 11.8 Å². The van der Waals surface area contributed by atoms with Crippen molar-refractivity contribution in [3.63, 3.8) is 0 Å². The third-order valence-corrected chi connectivity index (χ3v) is 2.09. The van der Waals surface area contributed by atoms with Gasteiger partial charge in [0.25, 0.3) is 0 Å². The fraction of sp³-hybridized carbons (Fsp3) is 0.700. The molecule has 0 saturated carbocycles. The van der Waals surface area contributed by atoms with Gasteiger partial charge in [0.05, 0.1) is 14.2 Å². The molecule has 0 heterocycles. The van der Waals surface area contributed by atoms with Crippen molar-refractivity contribution in [1.29, 1.82) is 0 Å². The van der Waals surface area contributed by atoms with E-state index in [4.69, 9.17) is 0 Å². The molecule has 1 unspecified atom stereocenters. The molecule has 0 aliphatic heterocycles. The van der Waals surface area contributed by atoms with E-state index in [0.29, 0.717) is 0 Å². The summed E-state index contributed by atoms with van der Waals surface area (Å²) in [5, 5.41) is 0. The van der Waals surface area contributed by atoms with Crippen molar-refractivity contribution in [2.45, 2.75) is 20.3 Å². The summed E-state index contributed by atoms with van der Waals surface area (Å²) in [5.41, 5.74) is 0. The van der Waals surface area contributed by atoms with Crippen LogP contribution >= 0.6 is 0 Å². The van der Waals surface area contributed by atoms with Gasteiger partial charge in [-0.3, -0.25) is 9.59 Å². The Hall–Kier alpha value is -1.39. The molecular formula is C10H16O5. The molecule has 0 radical (unpaired) electrons. The Balaban J connectivity index is 4.69. The molecule has 0 saturated heterocycles. The smallest absolute Gasteiger partial charge is 0.320 e. The van der Waals surface area contributed by atoms with Crippen molar-refractivity contribution >= 4 is 17.7 Å². The van der Waals surface area contributed by atoms with Gasteiger partial charge in [0.1, 0.15) is 5.78 Å². The fourth-order valence-corrected chi connectivity index (χ4v) is 1.39. The summed E-state index contributed by atoms with van der Waals surface area (Å²) in [6.07, 6.45) is 0.148. The molecule has 0 aromatic rings. The molecule has 86 valence electrons. The molecule has 5 nitrogen and oxygen atoms in total. The highest BCUT2D eigenvalue weighted by Crippen LogP contribution is 2.18. The van der Waals surface area contributed by atoms with E-state index in [1.54, 1.807) is 6.92 Å². The lowest BCUT2D eigenvalue weighted by atomic mass is 9.90. The molecule has 0 aromatic carbocycles. The van der Waals surface area contributed by atoms with Crippen LogP contribution in [0.3, 0.4) is 0 Å². The third-order valence-electron chi connectivity index (χ3n) is 2.09. The lowest BCUT2D eigenvalue weighted by Gasteiger charge is -2.18. The van der Waals surface area contributed by atoms with Gasteiger partial charge in [-0.25, -0.2) is 0 Å². The van der Waals surface area contributed by atoms with Crippen LogP contribution in [-0.4, -0.2) is 31.9 Å². The standard InChI is InChI=1S/C10H16O5/c1-6(5-7(2)11)8(9(12)14-3)10(13)15-4/h6,8H,5H2,1-4H3. The predicted octanol–water partition coefficient (Wildman–Crippen LogP) is 0.564. The second-order valence-electron chi connectivity index (χ2n) is 3.41. The molecule has 0 aromatic heterocycles. The molecule has 0 rings (SSSR count). The summed E-state index contributed by atoms with van der Waals surface area (Å²) >= 11 is 0. The lowest BCUT2D eigenvalue weighted by Crippen LogP contribution is -2.33. The average molecular weight is 216 g/mol. The van der Waals surface area contributed by atoms with Crippen LogP contribution < -0.4 is 0 Å². The summed E-state index contributed by atoms with van der Waals surface area (Å²) in [6, 6.07) is 0. The molecule has 15 heavy (non-hydrogen) atoms. The van der Waals surface area contributed by atoms with Crippen LogP contribution in [-0.2, 0) is 23.9 Å². The van der Waals surface area contributed by atoms with Gasteiger partial charge in [-0.15, -0.1) is 0 Å². The summed E-state index contributed by atoms with van der Waals surface area (Å²) < 4.78 is 8.97. The first-order valence-electron chi connectivity index (χ1n) is 4.59. The van der Waals surface area contributed by atoms with Crippen molar-refractivity contribution in [3.8, 4) is 0 Å². The highest BCUT2D eigenvalue weighted by Gasteiger charge is 2.34. The number of Topliss-reactive ketones (excluding diaryl/α,β-unsaturated/α-hetero) is 1. The SMILES string of the molecule is COC(=O)C(C(=O)OC)C(C)CC(C)=O. The maximum absolute atomic E-state index is 11.3. The van der Waals surface area contributed by atoms with Gasteiger partial charge in [0.2, 0.25) is 0 Å². The van der Waals surface area contributed by atoms with Gasteiger partial charge >= 0.3 is 11.9 Å². The van der Waals surface area contributed by atoms with E-state index in [1.165, 1.54) is 21.1 Å². The first kappa shape index (κ1) is 13.6. The average Bonchev–Trinajstić information content (AvgIpc) is 2.16. The molecule has 0 bridgehead atoms. The van der Waals surface area contributed by atoms with Crippen LogP contribution in [0.25, 0.3) is 0 Å². The first-order chi connectivity index (χ1) is 6.93. The number of rotatable bonds is 5. The maximum Gasteiger partial charge on any atom is 0.320 e. The highest BCUT2D eigenvalue weighted by atomic mass is 16.5. The molecule has 0 fully saturated rings. The number of methoxy groups -OCH3 is 2. The van der Waals surface area contributed by atoms with Gasteiger partial charge in [0, 0.05) is 6.42 Å². The number of hydrogen-bond donors (Lipinski definition) is 0.